The molecule has 0 saturated carbocycles. The molecule has 0 spiro atoms. The van der Waals surface area contributed by atoms with E-state index in [2.05, 4.69) is 0 Å². The second-order valence-corrected chi connectivity index (χ2v) is 19.5. The van der Waals surface area contributed by atoms with Gasteiger partial charge in [-0.1, -0.05) is 0 Å². The number of carbonyl (C=O) groups is 1. The first-order valence-corrected chi connectivity index (χ1v) is 20.7. The number of hydrogen-bond acceptors (Lipinski definition) is 5. The summed E-state index contributed by atoms with van der Waals surface area (Å²) in [5.74, 6) is -1.47. The van der Waals surface area contributed by atoms with Gasteiger partial charge in [0, 0.05) is 0 Å². The zero-order valence-corrected chi connectivity index (χ0v) is 28.4. The van der Waals surface area contributed by atoms with Gasteiger partial charge < -0.3 is 0 Å². The molecule has 3 aromatic rings. The third-order valence-electron chi connectivity index (χ3n) is 10.1. The zero-order valence-electron chi connectivity index (χ0n) is 24.6. The van der Waals surface area contributed by atoms with E-state index in [1.54, 1.807) is 18.2 Å². The molecule has 226 valence electrons. The SMILES string of the molecule is CC1C=c2c(cc3c(c2[As](=O)([O-])O)Oc2c(cc4c(c2[As](=O)(O)O)CC(C)C4(C)C)C=3c2ccc(C(=O)O)cc2)C1(C)C. The number of ether oxygens (including phenoxy) is 1. The molecule has 0 fully saturated rings. The van der Waals surface area contributed by atoms with E-state index < -0.39 is 45.1 Å². The van der Waals surface area contributed by atoms with E-state index in [4.69, 9.17) is 4.74 Å². The van der Waals surface area contributed by atoms with E-state index in [-0.39, 0.29) is 37.6 Å². The Balaban J connectivity index is 1.86. The van der Waals surface area contributed by atoms with Gasteiger partial charge in [0.25, 0.3) is 0 Å². The maximum atomic E-state index is 13.3. The molecule has 1 aliphatic heterocycles. The van der Waals surface area contributed by atoms with Gasteiger partial charge in [0.15, 0.2) is 0 Å². The van der Waals surface area contributed by atoms with E-state index in [1.165, 1.54) is 12.1 Å². The van der Waals surface area contributed by atoms with E-state index >= 15 is 0 Å². The van der Waals surface area contributed by atoms with E-state index in [1.807, 2.05) is 53.7 Å². The number of hydrogen-bond donors (Lipinski definition) is 4. The maximum absolute atomic E-state index is 13.3. The fourth-order valence-electron chi connectivity index (χ4n) is 6.87. The second-order valence-electron chi connectivity index (χ2n) is 13.1. The van der Waals surface area contributed by atoms with Crippen molar-refractivity contribution in [2.45, 2.75) is 58.8 Å². The Bertz CT molecular complexity index is 1980. The van der Waals surface area contributed by atoms with Crippen molar-refractivity contribution in [1.82, 2.24) is 0 Å². The molecule has 2 aliphatic carbocycles. The van der Waals surface area contributed by atoms with Crippen molar-refractivity contribution in [3.63, 3.8) is 0 Å². The monoisotopic (exact) mass is 711 g/mol. The van der Waals surface area contributed by atoms with E-state index in [9.17, 15) is 33.8 Å². The molecule has 3 atom stereocenters. The Hall–Kier alpha value is -2.77. The van der Waals surface area contributed by atoms with Crippen LogP contribution in [0.1, 0.15) is 79.7 Å². The van der Waals surface area contributed by atoms with Crippen molar-refractivity contribution < 1.29 is 38.5 Å². The number of aromatic carboxylic acids is 1. The van der Waals surface area contributed by atoms with Gasteiger partial charge in [-0.05, 0) is 0 Å². The van der Waals surface area contributed by atoms with Crippen molar-refractivity contribution in [3.05, 3.63) is 80.2 Å². The molecule has 0 saturated heterocycles. The van der Waals surface area contributed by atoms with Crippen molar-refractivity contribution in [1.29, 1.82) is 0 Å². The molecule has 4 N–H and O–H groups in total. The summed E-state index contributed by atoms with van der Waals surface area (Å²) >= 11 is -11.8. The average molecular weight is 711 g/mol. The van der Waals surface area contributed by atoms with Crippen LogP contribution in [0.3, 0.4) is 0 Å². The number of carboxylic acids is 1. The van der Waals surface area contributed by atoms with Gasteiger partial charge in [-0.25, -0.2) is 0 Å². The Morgan fingerprint density at radius 3 is 2.12 bits per heavy atom. The number of benzene rings is 3. The Morgan fingerprint density at radius 1 is 0.930 bits per heavy atom. The van der Waals surface area contributed by atoms with Crippen LogP contribution in [0, 0.1) is 11.8 Å². The molecule has 3 aromatic carbocycles. The minimum atomic E-state index is -6.01. The molecule has 11 heteroatoms. The van der Waals surface area contributed by atoms with Crippen LogP contribution in [-0.4, -0.2) is 51.7 Å². The molecule has 3 aliphatic rings. The second kappa shape index (κ2) is 9.37. The van der Waals surface area contributed by atoms with Gasteiger partial charge in [0.2, 0.25) is 0 Å². The van der Waals surface area contributed by atoms with Crippen LogP contribution in [-0.2, 0) is 24.7 Å². The fourth-order valence-corrected chi connectivity index (χ4v) is 10.9. The van der Waals surface area contributed by atoms with E-state index in [0.29, 0.717) is 44.7 Å². The summed E-state index contributed by atoms with van der Waals surface area (Å²) in [6, 6.07) is 9.75. The van der Waals surface area contributed by atoms with Gasteiger partial charge in [-0.2, -0.15) is 0 Å². The van der Waals surface area contributed by atoms with Gasteiger partial charge in [0.05, 0.1) is 0 Å². The first-order chi connectivity index (χ1) is 19.8. The minimum absolute atomic E-state index is 0.0433. The van der Waals surface area contributed by atoms with Crippen LogP contribution in [0.4, 0.5) is 0 Å². The molecule has 1 heterocycles. The summed E-state index contributed by atoms with van der Waals surface area (Å²) in [5.41, 5.74) is 2.40. The van der Waals surface area contributed by atoms with Crippen LogP contribution in [0.5, 0.6) is 11.5 Å². The summed E-state index contributed by atoms with van der Waals surface area (Å²) in [7, 11) is 0. The molecule has 0 radical (unpaired) electrons. The number of fused-ring (bicyclic) bond motifs is 4. The molecule has 0 amide bonds. The summed E-state index contributed by atoms with van der Waals surface area (Å²) < 4.78 is 77.7. The molecule has 0 aromatic heterocycles. The number of carboxylic acid groups (broad SMARTS) is 1. The van der Waals surface area contributed by atoms with Crippen LogP contribution >= 0.6 is 0 Å². The average Bonchev–Trinajstić information content (AvgIpc) is 3.24. The van der Waals surface area contributed by atoms with Crippen molar-refractivity contribution in [2.24, 2.45) is 11.8 Å². The Morgan fingerprint density at radius 2 is 1.56 bits per heavy atom. The quantitative estimate of drug-likeness (QED) is 0.220. The predicted octanol–water partition coefficient (Wildman–Crippen LogP) is 0.405. The van der Waals surface area contributed by atoms with Gasteiger partial charge in [-0.15, -0.1) is 0 Å². The first-order valence-electron chi connectivity index (χ1n) is 14.0. The number of rotatable bonds is 4. The topological polar surface area (TPSA) is 164 Å². The Labute approximate surface area is 254 Å². The summed E-state index contributed by atoms with van der Waals surface area (Å²) in [4.78, 5) is 11.6. The third-order valence-corrected chi connectivity index (χ3v) is 14.4. The van der Waals surface area contributed by atoms with Gasteiger partial charge in [-0.3, -0.25) is 0 Å². The van der Waals surface area contributed by atoms with Crippen LogP contribution in [0.15, 0.2) is 36.4 Å². The van der Waals surface area contributed by atoms with Crippen molar-refractivity contribution in [3.8, 4) is 11.5 Å². The van der Waals surface area contributed by atoms with Crippen molar-refractivity contribution >= 4 is 54.7 Å². The third kappa shape index (κ3) is 4.39. The standard InChI is InChI=1S/C32H34As2O9/c1-15-11-19-23(31(15,3)4)13-21-25(17-7-9-18(10-8-17)30(35)36)22-14-24-20(12-16(2)32(24,5)6)27(34(40,41)42)29(22)43-28(21)26(19)33(37,38)39/h7-11,13-16H,12H2,1-6H3,(H,35,36)(H2,37,38,39)(H2,40,41,42)/p-1. The molecule has 9 nitrogen and oxygen atoms in total. The first kappa shape index (κ1) is 30.3. The molecule has 6 rings (SSSR count). The molecular weight excluding hydrogens is 678 g/mol. The Kier molecular flexibility index (Phi) is 6.59. The predicted molar refractivity (Wildman–Crippen MR) is 159 cm³/mol. The normalized spacial score (nSPS) is 22.4. The van der Waals surface area contributed by atoms with Crippen molar-refractivity contribution in [2.75, 3.05) is 0 Å². The van der Waals surface area contributed by atoms with Gasteiger partial charge in [0.1, 0.15) is 0 Å². The zero-order chi connectivity index (χ0) is 31.6. The summed E-state index contributed by atoms with van der Waals surface area (Å²) in [6.45, 7) is 12.0. The van der Waals surface area contributed by atoms with Crippen LogP contribution < -0.4 is 28.0 Å². The summed E-state index contributed by atoms with van der Waals surface area (Å²) in [6.07, 6.45) is 2.18. The fraction of sp³-hybridized carbons (Fsp3) is 0.344. The molecular formula is C32H33As2O9-. The molecule has 3 unspecified atom stereocenters. The van der Waals surface area contributed by atoms with Crippen LogP contribution in [0.25, 0.3) is 11.6 Å². The van der Waals surface area contributed by atoms with E-state index in [0.717, 1.165) is 5.56 Å². The molecule has 43 heavy (non-hydrogen) atoms. The van der Waals surface area contributed by atoms with Gasteiger partial charge >= 0.3 is 256 Å². The molecule has 0 bridgehead atoms. The summed E-state index contributed by atoms with van der Waals surface area (Å²) in [5, 5.41) is 10.2. The van der Waals surface area contributed by atoms with Crippen LogP contribution in [0.2, 0.25) is 0 Å².